The maximum Gasteiger partial charge on any atom is 0.220 e. The fourth-order valence-electron chi connectivity index (χ4n) is 9.71. The molecule has 0 aromatic carbocycles. The van der Waals surface area contributed by atoms with Crippen LogP contribution < -0.4 is 21.7 Å². The van der Waals surface area contributed by atoms with E-state index in [9.17, 15) is 19.5 Å². The Morgan fingerprint density at radius 1 is 0.333 bits per heavy atom. The van der Waals surface area contributed by atoms with Gasteiger partial charge in [0, 0.05) is 44.6 Å². The average molecular weight is 1070 g/mol. The number of carbonyl (C=O) groups is 3. The van der Waals surface area contributed by atoms with Crippen LogP contribution in [0.1, 0.15) is 330 Å². The summed E-state index contributed by atoms with van der Waals surface area (Å²) in [6.07, 6.45) is 54.3. The first-order valence-electron chi connectivity index (χ1n) is 32.7. The fraction of sp³-hybridized carbons (Fsp3) is 0.953. The van der Waals surface area contributed by atoms with Crippen LogP contribution in [0.3, 0.4) is 0 Å². The Hall–Kier alpha value is -1.79. The molecule has 0 radical (unpaired) electrons. The second-order valence-electron chi connectivity index (χ2n) is 22.5. The van der Waals surface area contributed by atoms with Crippen molar-refractivity contribution in [2.75, 3.05) is 39.6 Å². The summed E-state index contributed by atoms with van der Waals surface area (Å²) in [4.78, 5) is 37.5. The Kier molecular flexibility index (Phi) is 63.3. The summed E-state index contributed by atoms with van der Waals surface area (Å²) in [5.74, 6) is 0.352. The molecule has 0 heterocycles. The Balaban J connectivity index is 0. The molecular weight excluding hydrogens is 937 g/mol. The monoisotopic (exact) mass is 1070 g/mol. The standard InChI is InChI=1S/C39H78N2O4.C25H52N2O3/c1-4-7-10-13-15-17-18-20-22-25-28-31-39(44)41-37(34-42)35-45-33-32-36(29-26-23-12-9-6-3)40-38(43)30-27-24-21-19-16-14-11-8-5-2;1-3-5-7-9-10-11-12-14-16-18-25(29)27-24(17-15-13-8-6-4-2)19-20-30-22-23(26)21-28/h36-37,42H,4-35H2,1-3H3,(H,40,43)(H,41,44);23-24,28H,3-22,26H2,1-2H3,(H,27,29)/t36-,37-;23-,24-/m00/s1. The van der Waals surface area contributed by atoms with E-state index >= 15 is 0 Å². The first-order valence-corrected chi connectivity index (χ1v) is 32.7. The Morgan fingerprint density at radius 3 is 0.867 bits per heavy atom. The number of hydrogen-bond donors (Lipinski definition) is 6. The number of unbranched alkanes of at least 4 members (excludes halogenated alkanes) is 34. The summed E-state index contributed by atoms with van der Waals surface area (Å²) in [6, 6.07) is -0.387. The molecule has 0 saturated carbocycles. The molecule has 0 saturated heterocycles. The maximum atomic E-state index is 12.7. The van der Waals surface area contributed by atoms with Crippen molar-refractivity contribution in [3.05, 3.63) is 0 Å². The van der Waals surface area contributed by atoms with E-state index in [1.807, 2.05) is 0 Å². The van der Waals surface area contributed by atoms with Crippen LogP contribution in [-0.2, 0) is 23.9 Å². The summed E-state index contributed by atoms with van der Waals surface area (Å²) >= 11 is 0. The molecule has 7 N–H and O–H groups in total. The number of carbonyl (C=O) groups excluding carboxylic acids is 3. The van der Waals surface area contributed by atoms with E-state index < -0.39 is 0 Å². The van der Waals surface area contributed by atoms with Gasteiger partial charge in [-0.15, -0.1) is 0 Å². The number of amides is 3. The van der Waals surface area contributed by atoms with Crippen LogP contribution in [-0.4, -0.2) is 91.7 Å². The number of rotatable bonds is 59. The lowest BCUT2D eigenvalue weighted by atomic mass is 10.0. The molecule has 4 atom stereocenters. The first-order chi connectivity index (χ1) is 36.7. The minimum atomic E-state index is -0.376. The Morgan fingerprint density at radius 2 is 0.587 bits per heavy atom. The number of aliphatic hydroxyl groups excluding tert-OH is 2. The van der Waals surface area contributed by atoms with Crippen LogP contribution in [0.25, 0.3) is 0 Å². The van der Waals surface area contributed by atoms with Crippen molar-refractivity contribution < 1.29 is 34.1 Å². The van der Waals surface area contributed by atoms with Crippen molar-refractivity contribution in [2.24, 2.45) is 5.73 Å². The lowest BCUT2D eigenvalue weighted by Gasteiger charge is -2.21. The molecule has 0 rings (SSSR count). The molecule has 0 aliphatic rings. The summed E-state index contributed by atoms with van der Waals surface area (Å²) in [6.45, 7) is 12.8. The summed E-state index contributed by atoms with van der Waals surface area (Å²) in [5.41, 5.74) is 5.67. The molecule has 0 bridgehead atoms. The molecular formula is C64H130N4O7. The molecule has 0 aromatic rings. The molecule has 0 unspecified atom stereocenters. The van der Waals surface area contributed by atoms with Gasteiger partial charge < -0.3 is 41.4 Å². The minimum absolute atomic E-state index is 0.00212. The molecule has 0 aliphatic carbocycles. The average Bonchev–Trinajstić information content (AvgIpc) is 3.40. The largest absolute Gasteiger partial charge is 0.395 e. The van der Waals surface area contributed by atoms with Gasteiger partial charge in [0.2, 0.25) is 17.7 Å². The van der Waals surface area contributed by atoms with E-state index in [1.165, 1.54) is 199 Å². The van der Waals surface area contributed by atoms with Crippen LogP contribution in [0.5, 0.6) is 0 Å². The van der Waals surface area contributed by atoms with Gasteiger partial charge in [-0.25, -0.2) is 0 Å². The lowest BCUT2D eigenvalue weighted by molar-refractivity contribution is -0.123. The highest BCUT2D eigenvalue weighted by Gasteiger charge is 2.16. The summed E-state index contributed by atoms with van der Waals surface area (Å²) in [5, 5.41) is 28.2. The molecule has 11 nitrogen and oxygen atoms in total. The third-order valence-electron chi connectivity index (χ3n) is 14.8. The zero-order valence-electron chi connectivity index (χ0n) is 50.6. The van der Waals surface area contributed by atoms with Crippen molar-refractivity contribution in [3.63, 3.8) is 0 Å². The molecule has 0 spiro atoms. The Labute approximate surface area is 465 Å². The topological polar surface area (TPSA) is 172 Å². The number of ether oxygens (including phenoxy) is 2. The first kappa shape index (κ1) is 75.3. The zero-order valence-corrected chi connectivity index (χ0v) is 50.6. The molecule has 75 heavy (non-hydrogen) atoms. The molecule has 448 valence electrons. The van der Waals surface area contributed by atoms with E-state index in [-0.39, 0.29) is 55.1 Å². The normalized spacial score (nSPS) is 13.0. The predicted molar refractivity (Wildman–Crippen MR) is 320 cm³/mol. The third kappa shape index (κ3) is 59.7. The van der Waals surface area contributed by atoms with E-state index in [0.29, 0.717) is 45.7 Å². The minimum Gasteiger partial charge on any atom is -0.395 e. The molecule has 11 heteroatoms. The number of nitrogens with two attached hydrogens (primary N) is 1. The van der Waals surface area contributed by atoms with E-state index in [2.05, 4.69) is 50.6 Å². The van der Waals surface area contributed by atoms with Gasteiger partial charge in [0.05, 0.1) is 38.5 Å². The lowest BCUT2D eigenvalue weighted by Crippen LogP contribution is -2.41. The second kappa shape index (κ2) is 63.0. The van der Waals surface area contributed by atoms with Crippen molar-refractivity contribution in [2.45, 2.75) is 354 Å². The van der Waals surface area contributed by atoms with Crippen molar-refractivity contribution in [3.8, 4) is 0 Å². The summed E-state index contributed by atoms with van der Waals surface area (Å²) in [7, 11) is 0. The van der Waals surface area contributed by atoms with Crippen LogP contribution in [0.4, 0.5) is 0 Å². The van der Waals surface area contributed by atoms with E-state index in [4.69, 9.17) is 20.3 Å². The van der Waals surface area contributed by atoms with Crippen LogP contribution >= 0.6 is 0 Å². The number of nitrogens with one attached hydrogen (secondary N) is 3. The highest BCUT2D eigenvalue weighted by Crippen LogP contribution is 2.16. The van der Waals surface area contributed by atoms with Gasteiger partial charge in [-0.1, -0.05) is 266 Å². The van der Waals surface area contributed by atoms with Gasteiger partial charge in [-0.2, -0.15) is 0 Å². The van der Waals surface area contributed by atoms with Gasteiger partial charge in [0.1, 0.15) is 0 Å². The van der Waals surface area contributed by atoms with Gasteiger partial charge in [-0.3, -0.25) is 14.4 Å². The highest BCUT2D eigenvalue weighted by molar-refractivity contribution is 5.77. The SMILES string of the molecule is CCCCCCCCCCCC(=O)N[C@@H](CCCCCCC)CCOC[C@@H](N)CO.CCCCCCCCCCCCCC(=O)N[C@@H](CO)COCC[C@H](CCCCCCC)NC(=O)CCCCCCCCCCC. The third-order valence-corrected chi connectivity index (χ3v) is 14.8. The van der Waals surface area contributed by atoms with E-state index in [0.717, 1.165) is 77.0 Å². The second-order valence-corrected chi connectivity index (χ2v) is 22.5. The number of aliphatic hydroxyl groups is 2. The van der Waals surface area contributed by atoms with Crippen LogP contribution in [0, 0.1) is 0 Å². The van der Waals surface area contributed by atoms with E-state index in [1.54, 1.807) is 0 Å². The maximum absolute atomic E-state index is 12.7. The molecule has 3 amide bonds. The predicted octanol–water partition coefficient (Wildman–Crippen LogP) is 15.8. The van der Waals surface area contributed by atoms with Crippen molar-refractivity contribution in [1.29, 1.82) is 0 Å². The number of hydrogen-bond acceptors (Lipinski definition) is 8. The van der Waals surface area contributed by atoms with Crippen molar-refractivity contribution in [1.82, 2.24) is 16.0 Å². The fourth-order valence-corrected chi connectivity index (χ4v) is 9.71. The van der Waals surface area contributed by atoms with Crippen LogP contribution in [0.2, 0.25) is 0 Å². The van der Waals surface area contributed by atoms with Crippen molar-refractivity contribution >= 4 is 17.7 Å². The van der Waals surface area contributed by atoms with Gasteiger partial charge >= 0.3 is 0 Å². The molecule has 0 aromatic heterocycles. The zero-order chi connectivity index (χ0) is 55.3. The van der Waals surface area contributed by atoms with Crippen LogP contribution in [0.15, 0.2) is 0 Å². The summed E-state index contributed by atoms with van der Waals surface area (Å²) < 4.78 is 11.5. The molecule has 0 aliphatic heterocycles. The van der Waals surface area contributed by atoms with Gasteiger partial charge in [0.15, 0.2) is 0 Å². The van der Waals surface area contributed by atoms with Gasteiger partial charge in [0.25, 0.3) is 0 Å². The smallest absolute Gasteiger partial charge is 0.220 e. The highest BCUT2D eigenvalue weighted by atomic mass is 16.5. The molecule has 0 fully saturated rings. The van der Waals surface area contributed by atoms with Gasteiger partial charge in [-0.05, 0) is 44.9 Å². The quantitative estimate of drug-likeness (QED) is 0.0327. The Bertz CT molecular complexity index is 1160.